The molecular weight excluding hydrogens is 244 g/mol. The molecule has 1 aliphatic heterocycles. The van der Waals surface area contributed by atoms with Crippen molar-refractivity contribution in [3.63, 3.8) is 0 Å². The summed E-state index contributed by atoms with van der Waals surface area (Å²) in [5.41, 5.74) is 2.93. The molecule has 0 aliphatic carbocycles. The topological polar surface area (TPSA) is 69.6 Å². The van der Waals surface area contributed by atoms with Gasteiger partial charge in [-0.25, -0.2) is 0 Å². The SMILES string of the molecule is CN(C)C(CC(=O)O)Cc1ccc2c(c1)CC(=O)N2. The lowest BCUT2D eigenvalue weighted by atomic mass is 9.99. The second-order valence-corrected chi connectivity index (χ2v) is 5.14. The Balaban J connectivity index is 2.12. The lowest BCUT2D eigenvalue weighted by Gasteiger charge is -2.22. The number of likely N-dealkylation sites (N-methyl/N-ethyl adjacent to an activating group) is 1. The predicted molar refractivity (Wildman–Crippen MR) is 72.2 cm³/mol. The van der Waals surface area contributed by atoms with Crippen LogP contribution >= 0.6 is 0 Å². The van der Waals surface area contributed by atoms with E-state index < -0.39 is 5.97 Å². The van der Waals surface area contributed by atoms with E-state index in [2.05, 4.69) is 5.32 Å². The van der Waals surface area contributed by atoms with Gasteiger partial charge in [0, 0.05) is 11.7 Å². The highest BCUT2D eigenvalue weighted by molar-refractivity contribution is 5.99. The molecule has 1 aromatic rings. The molecule has 5 heteroatoms. The third-order valence-corrected chi connectivity index (χ3v) is 3.41. The van der Waals surface area contributed by atoms with Crippen molar-refractivity contribution in [1.29, 1.82) is 0 Å². The Morgan fingerprint density at radius 1 is 1.47 bits per heavy atom. The molecule has 0 aromatic heterocycles. The molecule has 1 atom stereocenters. The van der Waals surface area contributed by atoms with E-state index in [0.29, 0.717) is 12.8 Å². The third kappa shape index (κ3) is 3.32. The summed E-state index contributed by atoms with van der Waals surface area (Å²) in [5.74, 6) is -0.779. The Kier molecular flexibility index (Phi) is 3.85. The summed E-state index contributed by atoms with van der Waals surface area (Å²) in [4.78, 5) is 24.1. The van der Waals surface area contributed by atoms with Crippen molar-refractivity contribution in [2.24, 2.45) is 0 Å². The van der Waals surface area contributed by atoms with Crippen LogP contribution in [0.15, 0.2) is 18.2 Å². The summed E-state index contributed by atoms with van der Waals surface area (Å²) < 4.78 is 0. The maximum absolute atomic E-state index is 11.3. The Bertz CT molecular complexity index is 511. The highest BCUT2D eigenvalue weighted by Crippen LogP contribution is 2.24. The van der Waals surface area contributed by atoms with Crippen molar-refractivity contribution < 1.29 is 14.7 Å². The molecule has 1 amide bonds. The van der Waals surface area contributed by atoms with Crippen LogP contribution in [-0.2, 0) is 22.4 Å². The lowest BCUT2D eigenvalue weighted by molar-refractivity contribution is -0.138. The number of carbonyl (C=O) groups excluding carboxylic acids is 1. The smallest absolute Gasteiger partial charge is 0.304 e. The van der Waals surface area contributed by atoms with Gasteiger partial charge in [-0.1, -0.05) is 12.1 Å². The van der Waals surface area contributed by atoms with Gasteiger partial charge in [-0.05, 0) is 37.7 Å². The quantitative estimate of drug-likeness (QED) is 0.834. The highest BCUT2D eigenvalue weighted by Gasteiger charge is 2.20. The normalized spacial score (nSPS) is 15.2. The Morgan fingerprint density at radius 3 is 2.84 bits per heavy atom. The Morgan fingerprint density at radius 2 is 2.21 bits per heavy atom. The van der Waals surface area contributed by atoms with Crippen molar-refractivity contribution in [2.45, 2.75) is 25.3 Å². The minimum atomic E-state index is -0.795. The van der Waals surface area contributed by atoms with Crippen LogP contribution in [-0.4, -0.2) is 42.0 Å². The van der Waals surface area contributed by atoms with E-state index in [9.17, 15) is 9.59 Å². The van der Waals surface area contributed by atoms with Gasteiger partial charge >= 0.3 is 5.97 Å². The molecule has 2 rings (SSSR count). The van der Waals surface area contributed by atoms with Gasteiger partial charge in [0.1, 0.15) is 0 Å². The summed E-state index contributed by atoms with van der Waals surface area (Å²) >= 11 is 0. The summed E-state index contributed by atoms with van der Waals surface area (Å²) in [6.07, 6.45) is 1.19. The second kappa shape index (κ2) is 5.40. The molecule has 0 bridgehead atoms. The van der Waals surface area contributed by atoms with Gasteiger partial charge in [0.05, 0.1) is 12.8 Å². The molecule has 19 heavy (non-hydrogen) atoms. The first-order chi connectivity index (χ1) is 8.95. The van der Waals surface area contributed by atoms with E-state index in [-0.39, 0.29) is 18.4 Å². The van der Waals surface area contributed by atoms with Gasteiger partial charge < -0.3 is 15.3 Å². The van der Waals surface area contributed by atoms with Crippen LogP contribution in [0.5, 0.6) is 0 Å². The van der Waals surface area contributed by atoms with E-state index in [1.807, 2.05) is 37.2 Å². The van der Waals surface area contributed by atoms with Gasteiger partial charge in [-0.15, -0.1) is 0 Å². The molecule has 2 N–H and O–H groups in total. The second-order valence-electron chi connectivity index (χ2n) is 5.14. The van der Waals surface area contributed by atoms with Crippen LogP contribution in [0.2, 0.25) is 0 Å². The minimum Gasteiger partial charge on any atom is -0.481 e. The van der Waals surface area contributed by atoms with Crippen LogP contribution in [0.4, 0.5) is 5.69 Å². The van der Waals surface area contributed by atoms with Crippen molar-refractivity contribution in [1.82, 2.24) is 4.90 Å². The number of amides is 1. The van der Waals surface area contributed by atoms with Gasteiger partial charge in [0.25, 0.3) is 0 Å². The van der Waals surface area contributed by atoms with Crippen LogP contribution in [0.1, 0.15) is 17.5 Å². The third-order valence-electron chi connectivity index (χ3n) is 3.41. The molecule has 0 fully saturated rings. The van der Waals surface area contributed by atoms with E-state index in [4.69, 9.17) is 5.11 Å². The Hall–Kier alpha value is -1.88. The molecule has 0 radical (unpaired) electrons. The highest BCUT2D eigenvalue weighted by atomic mass is 16.4. The van der Waals surface area contributed by atoms with Crippen LogP contribution in [0.25, 0.3) is 0 Å². The van der Waals surface area contributed by atoms with Gasteiger partial charge in [0.15, 0.2) is 0 Å². The average Bonchev–Trinajstić information content (AvgIpc) is 2.66. The number of nitrogens with zero attached hydrogens (tertiary/aromatic N) is 1. The fourth-order valence-corrected chi connectivity index (χ4v) is 2.32. The number of aliphatic carboxylic acids is 1. The zero-order valence-corrected chi connectivity index (χ0v) is 11.1. The van der Waals surface area contributed by atoms with Gasteiger partial charge in [-0.3, -0.25) is 9.59 Å². The number of carboxylic acid groups (broad SMARTS) is 1. The number of benzene rings is 1. The number of carbonyl (C=O) groups is 2. The van der Waals surface area contributed by atoms with Gasteiger partial charge in [-0.2, -0.15) is 0 Å². The average molecular weight is 262 g/mol. The van der Waals surface area contributed by atoms with Crippen LogP contribution in [0, 0.1) is 0 Å². The zero-order valence-electron chi connectivity index (χ0n) is 11.1. The molecule has 1 aromatic carbocycles. The zero-order chi connectivity index (χ0) is 14.0. The van der Waals surface area contributed by atoms with Crippen molar-refractivity contribution in [3.8, 4) is 0 Å². The molecule has 0 spiro atoms. The molecule has 1 heterocycles. The summed E-state index contributed by atoms with van der Waals surface area (Å²) in [5, 5.41) is 11.7. The first-order valence-corrected chi connectivity index (χ1v) is 6.25. The number of nitrogens with one attached hydrogen (secondary N) is 1. The number of hydrogen-bond acceptors (Lipinski definition) is 3. The number of rotatable bonds is 5. The Labute approximate surface area is 112 Å². The van der Waals surface area contributed by atoms with Crippen molar-refractivity contribution in [2.75, 3.05) is 19.4 Å². The van der Waals surface area contributed by atoms with Crippen molar-refractivity contribution >= 4 is 17.6 Å². The minimum absolute atomic E-state index is 0.0156. The summed E-state index contributed by atoms with van der Waals surface area (Å²) in [7, 11) is 3.76. The fourth-order valence-electron chi connectivity index (χ4n) is 2.32. The molecule has 102 valence electrons. The van der Waals surface area contributed by atoms with E-state index in [1.54, 1.807) is 0 Å². The molecule has 5 nitrogen and oxygen atoms in total. The summed E-state index contributed by atoms with van der Waals surface area (Å²) in [6, 6.07) is 5.79. The number of anilines is 1. The largest absolute Gasteiger partial charge is 0.481 e. The first-order valence-electron chi connectivity index (χ1n) is 6.25. The molecular formula is C14H18N2O3. The van der Waals surface area contributed by atoms with Gasteiger partial charge in [0.2, 0.25) is 5.91 Å². The van der Waals surface area contributed by atoms with Crippen LogP contribution in [0.3, 0.4) is 0 Å². The van der Waals surface area contributed by atoms with Crippen molar-refractivity contribution in [3.05, 3.63) is 29.3 Å². The number of carboxylic acids is 1. The number of hydrogen-bond donors (Lipinski definition) is 2. The molecule has 1 unspecified atom stereocenters. The van der Waals surface area contributed by atoms with E-state index in [1.165, 1.54) is 0 Å². The molecule has 1 aliphatic rings. The number of fused-ring (bicyclic) bond motifs is 1. The lowest BCUT2D eigenvalue weighted by Crippen LogP contribution is -2.32. The standard InChI is InChI=1S/C14H18N2O3/c1-16(2)11(8-14(18)19)6-9-3-4-12-10(5-9)7-13(17)15-12/h3-5,11H,6-8H2,1-2H3,(H,15,17)(H,18,19). The summed E-state index contributed by atoms with van der Waals surface area (Å²) in [6.45, 7) is 0. The maximum Gasteiger partial charge on any atom is 0.304 e. The molecule has 0 saturated carbocycles. The maximum atomic E-state index is 11.3. The fraction of sp³-hybridized carbons (Fsp3) is 0.429. The first kappa shape index (κ1) is 13.5. The monoisotopic (exact) mass is 262 g/mol. The van der Waals surface area contributed by atoms with E-state index in [0.717, 1.165) is 16.8 Å². The molecule has 0 saturated heterocycles. The predicted octanol–water partition coefficient (Wildman–Crippen LogP) is 1.13. The van der Waals surface area contributed by atoms with E-state index >= 15 is 0 Å². The van der Waals surface area contributed by atoms with Crippen LogP contribution < -0.4 is 5.32 Å².